The van der Waals surface area contributed by atoms with Crippen LogP contribution in [0.3, 0.4) is 0 Å². The van der Waals surface area contributed by atoms with Crippen molar-refractivity contribution in [1.29, 1.82) is 0 Å². The molecule has 198 valence electrons. The molecule has 38 heavy (non-hydrogen) atoms. The van der Waals surface area contributed by atoms with Crippen LogP contribution in [0.15, 0.2) is 66.7 Å². The van der Waals surface area contributed by atoms with Crippen LogP contribution < -0.4 is 4.74 Å². The average Bonchev–Trinajstić information content (AvgIpc) is 3.33. The molecule has 2 saturated heterocycles. The SMILES string of the molecule is O=C(OCC1c2ccccc2-c2ccccc21)N1C2CCC1CC(O)(c1ccc(OC(F)(F)F)cc1F)C2. The molecular formula is C29H25F4NO4. The number of nitrogens with zero attached hydrogens (tertiary/aromatic N) is 1. The van der Waals surface area contributed by atoms with Crippen LogP contribution in [0.4, 0.5) is 22.4 Å². The molecule has 2 heterocycles. The summed E-state index contributed by atoms with van der Waals surface area (Å²) in [6.45, 7) is 0.169. The lowest BCUT2D eigenvalue weighted by molar-refractivity contribution is -0.274. The van der Waals surface area contributed by atoms with Gasteiger partial charge in [0.15, 0.2) is 0 Å². The predicted octanol–water partition coefficient (Wildman–Crippen LogP) is 6.49. The zero-order valence-corrected chi connectivity index (χ0v) is 20.2. The van der Waals surface area contributed by atoms with Crippen molar-refractivity contribution in [1.82, 2.24) is 4.90 Å². The first-order valence-electron chi connectivity index (χ1n) is 12.5. The largest absolute Gasteiger partial charge is 0.573 e. The molecule has 2 aliphatic heterocycles. The van der Waals surface area contributed by atoms with Crippen LogP contribution in [0.2, 0.25) is 0 Å². The van der Waals surface area contributed by atoms with Gasteiger partial charge in [0.05, 0.1) is 5.60 Å². The molecule has 2 bridgehead atoms. The van der Waals surface area contributed by atoms with E-state index in [4.69, 9.17) is 4.74 Å². The lowest BCUT2D eigenvalue weighted by Crippen LogP contribution is -2.52. The van der Waals surface area contributed by atoms with Gasteiger partial charge in [-0.3, -0.25) is 0 Å². The van der Waals surface area contributed by atoms with Gasteiger partial charge in [0.25, 0.3) is 0 Å². The number of hydrogen-bond donors (Lipinski definition) is 1. The number of hydrogen-bond acceptors (Lipinski definition) is 4. The van der Waals surface area contributed by atoms with E-state index in [0.29, 0.717) is 18.9 Å². The number of amides is 1. The minimum absolute atomic E-state index is 0.0596. The number of rotatable bonds is 4. The van der Waals surface area contributed by atoms with Crippen molar-refractivity contribution < 1.29 is 36.9 Å². The van der Waals surface area contributed by atoms with Crippen LogP contribution in [0.25, 0.3) is 11.1 Å². The summed E-state index contributed by atoms with van der Waals surface area (Å²) in [4.78, 5) is 14.9. The summed E-state index contributed by atoms with van der Waals surface area (Å²) >= 11 is 0. The van der Waals surface area contributed by atoms with Crippen molar-refractivity contribution in [2.45, 2.75) is 55.6 Å². The van der Waals surface area contributed by atoms with Crippen LogP contribution >= 0.6 is 0 Å². The normalized spacial score (nSPS) is 24.2. The Labute approximate surface area is 216 Å². The fourth-order valence-corrected chi connectivity index (χ4v) is 6.48. The predicted molar refractivity (Wildman–Crippen MR) is 130 cm³/mol. The van der Waals surface area contributed by atoms with Crippen LogP contribution in [0.5, 0.6) is 5.75 Å². The van der Waals surface area contributed by atoms with Gasteiger partial charge < -0.3 is 19.5 Å². The number of benzene rings is 3. The Balaban J connectivity index is 1.16. The number of fused-ring (bicyclic) bond motifs is 5. The van der Waals surface area contributed by atoms with E-state index in [9.17, 15) is 27.5 Å². The van der Waals surface area contributed by atoms with E-state index in [1.165, 1.54) is 0 Å². The summed E-state index contributed by atoms with van der Waals surface area (Å²) in [7, 11) is 0. The third-order valence-electron chi connectivity index (χ3n) is 7.99. The molecule has 0 radical (unpaired) electrons. The Hall–Kier alpha value is -3.59. The van der Waals surface area contributed by atoms with Crippen LogP contribution in [0.1, 0.15) is 48.3 Å². The molecule has 0 aromatic heterocycles. The molecule has 2 unspecified atom stereocenters. The van der Waals surface area contributed by atoms with Gasteiger partial charge in [-0.05, 0) is 47.2 Å². The number of halogens is 4. The molecule has 0 spiro atoms. The minimum Gasteiger partial charge on any atom is -0.448 e. The summed E-state index contributed by atoms with van der Waals surface area (Å²) < 4.78 is 61.9. The Morgan fingerprint density at radius 1 is 0.947 bits per heavy atom. The summed E-state index contributed by atoms with van der Waals surface area (Å²) in [6, 6.07) is 18.1. The Bertz CT molecular complexity index is 1330. The molecule has 6 rings (SSSR count). The molecule has 0 saturated carbocycles. The van der Waals surface area contributed by atoms with Crippen molar-refractivity contribution in [3.05, 3.63) is 89.2 Å². The van der Waals surface area contributed by atoms with E-state index in [2.05, 4.69) is 16.9 Å². The number of carbonyl (C=O) groups excluding carboxylic acids is 1. The Morgan fingerprint density at radius 3 is 2.08 bits per heavy atom. The molecular weight excluding hydrogens is 502 g/mol. The summed E-state index contributed by atoms with van der Waals surface area (Å²) in [6.07, 6.45) is -4.06. The topological polar surface area (TPSA) is 59.0 Å². The maximum absolute atomic E-state index is 14.8. The molecule has 5 nitrogen and oxygen atoms in total. The van der Waals surface area contributed by atoms with Crippen molar-refractivity contribution in [2.75, 3.05) is 6.61 Å². The zero-order chi connectivity index (χ0) is 26.7. The quantitative estimate of drug-likeness (QED) is 0.394. The fraction of sp³-hybridized carbons (Fsp3) is 0.345. The molecule has 9 heteroatoms. The standard InChI is InChI=1S/C29H25F4NO4/c30-26-13-19(38-29(31,32)33)11-12-25(26)28(36)14-17-9-10-18(15-28)34(17)27(35)37-16-24-22-7-3-1-5-20(22)21-6-2-4-8-23(21)24/h1-8,11-13,17-18,24,36H,9-10,14-16H2. The van der Waals surface area contributed by atoms with Crippen LogP contribution in [-0.2, 0) is 10.3 Å². The smallest absolute Gasteiger partial charge is 0.448 e. The van der Waals surface area contributed by atoms with E-state index in [1.807, 2.05) is 36.4 Å². The van der Waals surface area contributed by atoms with E-state index in [-0.39, 0.29) is 43.0 Å². The van der Waals surface area contributed by atoms with E-state index in [0.717, 1.165) is 34.4 Å². The molecule has 2 atom stereocenters. The van der Waals surface area contributed by atoms with Gasteiger partial charge in [-0.25, -0.2) is 9.18 Å². The maximum atomic E-state index is 14.8. The van der Waals surface area contributed by atoms with Crippen LogP contribution in [0, 0.1) is 5.82 Å². The van der Waals surface area contributed by atoms with Crippen LogP contribution in [-0.4, -0.2) is 41.2 Å². The molecule has 2 fully saturated rings. The number of piperidine rings is 1. The van der Waals surface area contributed by atoms with Gasteiger partial charge in [-0.15, -0.1) is 13.2 Å². The van der Waals surface area contributed by atoms with Crippen molar-refractivity contribution in [2.24, 2.45) is 0 Å². The fourth-order valence-electron chi connectivity index (χ4n) is 6.48. The van der Waals surface area contributed by atoms with E-state index >= 15 is 0 Å². The van der Waals surface area contributed by atoms with Gasteiger partial charge in [-0.2, -0.15) is 0 Å². The zero-order valence-electron chi connectivity index (χ0n) is 20.2. The third kappa shape index (κ3) is 4.28. The minimum atomic E-state index is -4.95. The monoisotopic (exact) mass is 527 g/mol. The van der Waals surface area contributed by atoms with E-state index in [1.54, 1.807) is 4.90 Å². The highest BCUT2D eigenvalue weighted by Crippen LogP contribution is 2.48. The van der Waals surface area contributed by atoms with Gasteiger partial charge in [0, 0.05) is 42.5 Å². The average molecular weight is 528 g/mol. The Kier molecular flexibility index (Phi) is 5.86. The van der Waals surface area contributed by atoms with Gasteiger partial charge in [0.1, 0.15) is 18.2 Å². The second-order valence-corrected chi connectivity index (χ2v) is 10.2. The second-order valence-electron chi connectivity index (χ2n) is 10.2. The molecule has 3 aromatic carbocycles. The van der Waals surface area contributed by atoms with E-state index < -0.39 is 29.6 Å². The molecule has 1 aliphatic carbocycles. The number of ether oxygens (including phenoxy) is 2. The Morgan fingerprint density at radius 2 is 1.53 bits per heavy atom. The van der Waals surface area contributed by atoms with Crippen molar-refractivity contribution in [3.63, 3.8) is 0 Å². The highest BCUT2D eigenvalue weighted by atomic mass is 19.4. The number of carbonyl (C=O) groups is 1. The summed E-state index contributed by atoms with van der Waals surface area (Å²) in [5, 5.41) is 11.4. The third-order valence-corrected chi connectivity index (χ3v) is 7.99. The molecule has 1 amide bonds. The van der Waals surface area contributed by atoms with Gasteiger partial charge in [-0.1, -0.05) is 48.5 Å². The first-order valence-corrected chi connectivity index (χ1v) is 12.5. The lowest BCUT2D eigenvalue weighted by Gasteiger charge is -2.43. The molecule has 3 aromatic rings. The highest BCUT2D eigenvalue weighted by molar-refractivity contribution is 5.79. The second kappa shape index (κ2) is 9.01. The molecule has 1 N–H and O–H groups in total. The lowest BCUT2D eigenvalue weighted by atomic mass is 9.80. The van der Waals surface area contributed by atoms with Crippen molar-refractivity contribution >= 4 is 6.09 Å². The number of alkyl halides is 3. The highest BCUT2D eigenvalue weighted by Gasteiger charge is 2.51. The van der Waals surface area contributed by atoms with Gasteiger partial charge >= 0.3 is 12.5 Å². The summed E-state index contributed by atoms with van der Waals surface area (Å²) in [5.74, 6) is -1.76. The molecule has 3 aliphatic rings. The maximum Gasteiger partial charge on any atom is 0.573 e. The van der Waals surface area contributed by atoms with Gasteiger partial charge in [0.2, 0.25) is 0 Å². The first-order chi connectivity index (χ1) is 18.1. The first kappa shape index (κ1) is 24.7. The summed E-state index contributed by atoms with van der Waals surface area (Å²) in [5.41, 5.74) is 2.74. The van der Waals surface area contributed by atoms with Crippen molar-refractivity contribution in [3.8, 4) is 16.9 Å². The number of aliphatic hydroxyl groups is 1.